The van der Waals surface area contributed by atoms with Gasteiger partial charge in [0.05, 0.1) is 23.5 Å². The van der Waals surface area contributed by atoms with Gasteiger partial charge in [0.25, 0.3) is 10.1 Å². The molecule has 0 aromatic carbocycles. The Morgan fingerprint density at radius 1 is 1.33 bits per heavy atom. The number of carbonyl (C=O) groups excluding carboxylic acids is 1. The van der Waals surface area contributed by atoms with Crippen LogP contribution in [0.2, 0.25) is 5.02 Å². The summed E-state index contributed by atoms with van der Waals surface area (Å²) in [5, 5.41) is 4.61. The molecule has 0 bridgehead atoms. The molecule has 0 saturated heterocycles. The fourth-order valence-corrected chi connectivity index (χ4v) is 2.85. The Balaban J connectivity index is 2.17. The molecule has 24 heavy (non-hydrogen) atoms. The number of fused-ring (bicyclic) bond motifs is 1. The lowest BCUT2D eigenvalue weighted by Gasteiger charge is -2.26. The smallest absolute Gasteiger partial charge is 0.410 e. The molecule has 0 N–H and O–H groups in total. The van der Waals surface area contributed by atoms with Crippen LogP contribution in [0.15, 0.2) is 0 Å². The lowest BCUT2D eigenvalue weighted by Crippen LogP contribution is -2.36. The average molecular weight is 380 g/mol. The van der Waals surface area contributed by atoms with Gasteiger partial charge < -0.3 is 9.64 Å². The van der Waals surface area contributed by atoms with Gasteiger partial charge in [-0.1, -0.05) is 11.6 Å². The Hall–Kier alpha value is -1.32. The largest absolute Gasteiger partial charge is 0.444 e. The van der Waals surface area contributed by atoms with E-state index in [1.807, 2.05) is 0 Å². The highest BCUT2D eigenvalue weighted by molar-refractivity contribution is 7.85. The molecule has 0 saturated carbocycles. The predicted octanol–water partition coefficient (Wildman–Crippen LogP) is 2.15. The summed E-state index contributed by atoms with van der Waals surface area (Å²) in [5.74, 6) is 0. The van der Waals surface area contributed by atoms with Crippen molar-refractivity contribution in [1.29, 1.82) is 0 Å². The molecule has 2 heterocycles. The third kappa shape index (κ3) is 5.09. The number of amides is 1. The normalized spacial score (nSPS) is 15.8. The highest BCUT2D eigenvalue weighted by atomic mass is 35.5. The molecule has 0 radical (unpaired) electrons. The van der Waals surface area contributed by atoms with E-state index in [1.165, 1.54) is 0 Å². The van der Waals surface area contributed by atoms with E-state index in [0.717, 1.165) is 6.26 Å². The highest BCUT2D eigenvalue weighted by Crippen LogP contribution is 2.26. The van der Waals surface area contributed by atoms with Gasteiger partial charge in [-0.05, 0) is 27.2 Å². The zero-order chi connectivity index (χ0) is 18.1. The fourth-order valence-electron chi connectivity index (χ4n) is 2.27. The molecule has 0 unspecified atom stereocenters. The zero-order valence-corrected chi connectivity index (χ0v) is 15.8. The van der Waals surface area contributed by atoms with E-state index in [2.05, 4.69) is 5.10 Å². The number of hydrogen-bond donors (Lipinski definition) is 0. The van der Waals surface area contributed by atoms with Crippen molar-refractivity contribution in [3.63, 3.8) is 0 Å². The standard InChI is InChI=1S/C14H22ClN3O5S/c1-14(2,3)23-13(19)17-6-5-7-18-11(8-17)12(15)10(16-18)9-22-24(4,20)21/h5-9H2,1-4H3. The summed E-state index contributed by atoms with van der Waals surface area (Å²) in [5.41, 5.74) is 0.400. The molecule has 0 atom stereocenters. The topological polar surface area (TPSA) is 90.7 Å². The minimum Gasteiger partial charge on any atom is -0.444 e. The second-order valence-corrected chi connectivity index (χ2v) is 8.67. The Morgan fingerprint density at radius 2 is 2.00 bits per heavy atom. The van der Waals surface area contributed by atoms with Crippen LogP contribution in [0.5, 0.6) is 0 Å². The van der Waals surface area contributed by atoms with Gasteiger partial charge in [-0.15, -0.1) is 0 Å². The van der Waals surface area contributed by atoms with Crippen LogP contribution >= 0.6 is 11.6 Å². The lowest BCUT2D eigenvalue weighted by molar-refractivity contribution is 0.0236. The van der Waals surface area contributed by atoms with Crippen LogP contribution in [-0.4, -0.2) is 47.6 Å². The van der Waals surface area contributed by atoms with E-state index < -0.39 is 21.8 Å². The number of hydrogen-bond acceptors (Lipinski definition) is 6. The molecular formula is C14H22ClN3O5S. The number of aromatic nitrogens is 2. The predicted molar refractivity (Wildman–Crippen MR) is 88.1 cm³/mol. The first kappa shape index (κ1) is 19.0. The van der Waals surface area contributed by atoms with Gasteiger partial charge in [0, 0.05) is 13.1 Å². The molecule has 0 aliphatic carbocycles. The van der Waals surface area contributed by atoms with Crippen molar-refractivity contribution in [1.82, 2.24) is 14.7 Å². The number of carbonyl (C=O) groups is 1. The van der Waals surface area contributed by atoms with E-state index in [4.69, 9.17) is 20.5 Å². The summed E-state index contributed by atoms with van der Waals surface area (Å²) in [4.78, 5) is 13.8. The first-order chi connectivity index (χ1) is 11.0. The molecule has 0 spiro atoms. The van der Waals surface area contributed by atoms with Crippen LogP contribution in [0.25, 0.3) is 0 Å². The second kappa shape index (κ2) is 6.89. The number of rotatable bonds is 3. The molecule has 1 aromatic rings. The lowest BCUT2D eigenvalue weighted by atomic mass is 10.2. The van der Waals surface area contributed by atoms with Gasteiger partial charge in [0.2, 0.25) is 0 Å². The van der Waals surface area contributed by atoms with Crippen LogP contribution in [0.1, 0.15) is 38.6 Å². The molecule has 1 aromatic heterocycles. The molecule has 8 nitrogen and oxygen atoms in total. The van der Waals surface area contributed by atoms with E-state index >= 15 is 0 Å². The summed E-state index contributed by atoms with van der Waals surface area (Å²) in [6.45, 7) is 6.54. The Bertz CT molecular complexity index is 724. The van der Waals surface area contributed by atoms with Crippen molar-refractivity contribution in [2.75, 3.05) is 12.8 Å². The number of ether oxygens (including phenoxy) is 1. The molecule has 136 valence electrons. The summed E-state index contributed by atoms with van der Waals surface area (Å²) in [7, 11) is -3.58. The molecule has 2 rings (SSSR count). The van der Waals surface area contributed by atoms with E-state index in [9.17, 15) is 13.2 Å². The number of aryl methyl sites for hydroxylation is 1. The van der Waals surface area contributed by atoms with Crippen molar-refractivity contribution < 1.29 is 22.1 Å². The van der Waals surface area contributed by atoms with Crippen molar-refractivity contribution in [2.24, 2.45) is 0 Å². The van der Waals surface area contributed by atoms with Crippen LogP contribution in [0.3, 0.4) is 0 Å². The quantitative estimate of drug-likeness (QED) is 0.747. The van der Waals surface area contributed by atoms with Crippen LogP contribution < -0.4 is 0 Å². The van der Waals surface area contributed by atoms with Gasteiger partial charge in [-0.25, -0.2) is 4.79 Å². The Labute approximate surface area is 146 Å². The van der Waals surface area contributed by atoms with Crippen molar-refractivity contribution in [2.45, 2.75) is 52.5 Å². The molecule has 10 heteroatoms. The van der Waals surface area contributed by atoms with Crippen LogP contribution in [-0.2, 0) is 38.7 Å². The molecule has 1 aliphatic heterocycles. The van der Waals surface area contributed by atoms with Crippen LogP contribution in [0.4, 0.5) is 4.79 Å². The number of nitrogens with zero attached hydrogens (tertiary/aromatic N) is 3. The van der Waals surface area contributed by atoms with E-state index in [-0.39, 0.29) is 13.2 Å². The molecule has 1 aliphatic rings. The molecule has 1 amide bonds. The van der Waals surface area contributed by atoms with E-state index in [1.54, 1.807) is 30.4 Å². The molecular weight excluding hydrogens is 358 g/mol. The SMILES string of the molecule is CC(C)(C)OC(=O)N1CCCn2nc(COS(C)(=O)=O)c(Cl)c2C1. The minimum atomic E-state index is -3.58. The summed E-state index contributed by atoms with van der Waals surface area (Å²) >= 11 is 6.31. The third-order valence-electron chi connectivity index (χ3n) is 3.26. The fraction of sp³-hybridized carbons (Fsp3) is 0.714. The number of halogens is 1. The van der Waals surface area contributed by atoms with Gasteiger partial charge in [-0.2, -0.15) is 13.5 Å². The van der Waals surface area contributed by atoms with Gasteiger partial charge >= 0.3 is 6.09 Å². The van der Waals surface area contributed by atoms with Gasteiger partial charge in [-0.3, -0.25) is 8.86 Å². The monoisotopic (exact) mass is 379 g/mol. The van der Waals surface area contributed by atoms with Crippen molar-refractivity contribution in [3.05, 3.63) is 16.4 Å². The van der Waals surface area contributed by atoms with E-state index in [0.29, 0.717) is 35.9 Å². The summed E-state index contributed by atoms with van der Waals surface area (Å²) in [6, 6.07) is 0. The maximum Gasteiger partial charge on any atom is 0.410 e. The zero-order valence-electron chi connectivity index (χ0n) is 14.2. The summed E-state index contributed by atoms with van der Waals surface area (Å²) in [6.07, 6.45) is 1.24. The minimum absolute atomic E-state index is 0.232. The Morgan fingerprint density at radius 3 is 2.58 bits per heavy atom. The first-order valence-corrected chi connectivity index (χ1v) is 9.72. The highest BCUT2D eigenvalue weighted by Gasteiger charge is 2.28. The third-order valence-corrected chi connectivity index (χ3v) is 4.24. The maximum absolute atomic E-state index is 12.3. The Kier molecular flexibility index (Phi) is 5.46. The summed E-state index contributed by atoms with van der Waals surface area (Å²) < 4.78 is 34.1. The molecule has 0 fully saturated rings. The average Bonchev–Trinajstić information content (AvgIpc) is 2.59. The van der Waals surface area contributed by atoms with Crippen molar-refractivity contribution in [3.8, 4) is 0 Å². The van der Waals surface area contributed by atoms with Gasteiger partial charge in [0.1, 0.15) is 17.9 Å². The first-order valence-electron chi connectivity index (χ1n) is 7.52. The van der Waals surface area contributed by atoms with Gasteiger partial charge in [0.15, 0.2) is 0 Å². The second-order valence-electron chi connectivity index (χ2n) is 6.65. The maximum atomic E-state index is 12.3. The van der Waals surface area contributed by atoms with Crippen LogP contribution in [0, 0.1) is 0 Å². The van der Waals surface area contributed by atoms with Crippen molar-refractivity contribution >= 4 is 27.8 Å².